The number of hydrogen-bond donors (Lipinski definition) is 2. The quantitative estimate of drug-likeness (QED) is 0.424. The molecule has 0 atom stereocenters. The Bertz CT molecular complexity index is 1410. The number of sulfonamides is 1. The smallest absolute Gasteiger partial charge is 0.277 e. The number of nitrogens with two attached hydrogens (primary N) is 1. The molecule has 1 saturated heterocycles. The zero-order valence-electron chi connectivity index (χ0n) is 23.4. The lowest BCUT2D eigenvalue weighted by Crippen LogP contribution is -2.48. The summed E-state index contributed by atoms with van der Waals surface area (Å²) in [5, 5.41) is 8.85. The van der Waals surface area contributed by atoms with Gasteiger partial charge < -0.3 is 15.8 Å². The number of hydrazone groups is 1. The molecule has 4 rings (SSSR count). The lowest BCUT2D eigenvalue weighted by atomic mass is 10.1. The van der Waals surface area contributed by atoms with Crippen molar-refractivity contribution in [1.29, 1.82) is 0 Å². The van der Waals surface area contributed by atoms with Crippen LogP contribution in [0.2, 0.25) is 0 Å². The molecule has 2 aromatic rings. The fourth-order valence-corrected chi connectivity index (χ4v) is 6.23. The summed E-state index contributed by atoms with van der Waals surface area (Å²) in [6.45, 7) is 12.7. The van der Waals surface area contributed by atoms with Crippen LogP contribution in [0.3, 0.4) is 0 Å². The predicted octanol–water partition coefficient (Wildman–Crippen LogP) is 3.19. The van der Waals surface area contributed by atoms with Crippen molar-refractivity contribution in [2.24, 2.45) is 10.8 Å². The molecule has 2 aromatic carbocycles. The molecule has 0 saturated carbocycles. The van der Waals surface area contributed by atoms with Crippen LogP contribution in [0.5, 0.6) is 5.75 Å². The number of amides is 1. The van der Waals surface area contributed by atoms with Crippen molar-refractivity contribution in [2.75, 3.05) is 32.8 Å². The van der Waals surface area contributed by atoms with Crippen LogP contribution in [0, 0.1) is 0 Å². The van der Waals surface area contributed by atoms with E-state index >= 15 is 0 Å². The van der Waals surface area contributed by atoms with Gasteiger partial charge in [0.1, 0.15) is 11.4 Å². The molecule has 10 nitrogen and oxygen atoms in total. The van der Waals surface area contributed by atoms with Crippen LogP contribution in [-0.2, 0) is 21.4 Å². The number of amidine groups is 1. The van der Waals surface area contributed by atoms with Crippen LogP contribution in [-0.4, -0.2) is 67.2 Å². The average Bonchev–Trinajstić information content (AvgIpc) is 2.93. The van der Waals surface area contributed by atoms with E-state index in [0.29, 0.717) is 61.9 Å². The van der Waals surface area contributed by atoms with E-state index in [4.69, 9.17) is 10.5 Å². The van der Waals surface area contributed by atoms with Gasteiger partial charge in [0.25, 0.3) is 5.91 Å². The number of ether oxygens (including phenoxy) is 1. The second-order valence-electron chi connectivity index (χ2n) is 9.82. The first-order valence-corrected chi connectivity index (χ1v) is 15.0. The van der Waals surface area contributed by atoms with Gasteiger partial charge in [0.2, 0.25) is 10.0 Å². The number of benzene rings is 2. The Balaban J connectivity index is 1.63. The number of carbonyl (C=O) groups excluding carboxylic acids is 1. The lowest BCUT2D eigenvalue weighted by molar-refractivity contribution is -0.118. The largest absolute Gasteiger partial charge is 0.493 e. The molecule has 11 heteroatoms. The van der Waals surface area contributed by atoms with Crippen molar-refractivity contribution < 1.29 is 17.9 Å². The van der Waals surface area contributed by atoms with Gasteiger partial charge in [-0.05, 0) is 44.0 Å². The zero-order valence-corrected chi connectivity index (χ0v) is 24.2. The summed E-state index contributed by atoms with van der Waals surface area (Å²) in [7, 11) is -3.80. The minimum absolute atomic E-state index is 0.106. The number of rotatable bonds is 10. The SMILES string of the molecule is C=C(CCC)N1N=C(c2cc(S(=O)(=O)N3CCN(Cc4ccccc4)CC3)ccc2OCC)NC(=O)/C1=C(\C)N. The minimum atomic E-state index is -3.80. The van der Waals surface area contributed by atoms with E-state index in [2.05, 4.69) is 34.0 Å². The number of allylic oxidation sites excluding steroid dienone is 2. The maximum atomic E-state index is 13.7. The third-order valence-electron chi connectivity index (χ3n) is 6.79. The van der Waals surface area contributed by atoms with Crippen molar-refractivity contribution in [1.82, 2.24) is 19.5 Å². The van der Waals surface area contributed by atoms with E-state index in [1.165, 1.54) is 27.0 Å². The normalized spacial score (nSPS) is 18.2. The van der Waals surface area contributed by atoms with E-state index in [1.807, 2.05) is 32.0 Å². The van der Waals surface area contributed by atoms with Crippen LogP contribution in [0.4, 0.5) is 0 Å². The van der Waals surface area contributed by atoms with Crippen LogP contribution in [0.15, 0.2) is 82.2 Å². The Morgan fingerprint density at radius 1 is 1.10 bits per heavy atom. The predicted molar refractivity (Wildman–Crippen MR) is 156 cm³/mol. The molecule has 0 unspecified atom stereocenters. The Kier molecular flexibility index (Phi) is 9.28. The van der Waals surface area contributed by atoms with Crippen molar-refractivity contribution in [3.63, 3.8) is 0 Å². The van der Waals surface area contributed by atoms with Gasteiger partial charge in [-0.25, -0.2) is 13.4 Å². The molecule has 40 heavy (non-hydrogen) atoms. The first-order valence-electron chi connectivity index (χ1n) is 13.5. The van der Waals surface area contributed by atoms with Crippen LogP contribution < -0.4 is 15.8 Å². The molecule has 0 aromatic heterocycles. The fourth-order valence-electron chi connectivity index (χ4n) is 4.78. The second-order valence-corrected chi connectivity index (χ2v) is 11.8. The van der Waals surface area contributed by atoms with Gasteiger partial charge in [0.15, 0.2) is 5.84 Å². The molecule has 1 fully saturated rings. The number of piperazine rings is 1. The molecule has 3 N–H and O–H groups in total. The summed E-state index contributed by atoms with van der Waals surface area (Å²) < 4.78 is 34.7. The van der Waals surface area contributed by atoms with Gasteiger partial charge in [0.05, 0.1) is 17.1 Å². The summed E-state index contributed by atoms with van der Waals surface area (Å²) >= 11 is 0. The van der Waals surface area contributed by atoms with Crippen LogP contribution in [0.25, 0.3) is 0 Å². The highest BCUT2D eigenvalue weighted by Crippen LogP contribution is 2.29. The maximum absolute atomic E-state index is 13.7. The molecule has 0 bridgehead atoms. The topological polar surface area (TPSA) is 121 Å². The standard InChI is InChI=1S/C29H38N6O4S/c1-5-10-21(3)35-27(22(4)30)29(36)31-28(32-35)25-19-24(13-14-26(25)39-6-2)40(37,38)34-17-15-33(16-18-34)20-23-11-8-7-9-12-23/h7-9,11-14,19H,3,5-6,10,15-18,20,30H2,1-2,4H3,(H,31,32,36)/b27-22-. The van der Waals surface area contributed by atoms with Crippen LogP contribution in [0.1, 0.15) is 44.7 Å². The first-order chi connectivity index (χ1) is 19.1. The molecule has 2 aliphatic heterocycles. The zero-order chi connectivity index (χ0) is 28.9. The van der Waals surface area contributed by atoms with Gasteiger partial charge in [-0.3, -0.25) is 9.69 Å². The molecule has 0 radical (unpaired) electrons. The highest BCUT2D eigenvalue weighted by molar-refractivity contribution is 7.89. The summed E-state index contributed by atoms with van der Waals surface area (Å²) in [6.07, 6.45) is 1.40. The molecular formula is C29H38N6O4S. The summed E-state index contributed by atoms with van der Waals surface area (Å²) in [5.41, 5.74) is 8.67. The minimum Gasteiger partial charge on any atom is -0.493 e. The Morgan fingerprint density at radius 3 is 2.42 bits per heavy atom. The van der Waals surface area contributed by atoms with E-state index < -0.39 is 15.9 Å². The van der Waals surface area contributed by atoms with E-state index in [9.17, 15) is 13.2 Å². The molecule has 0 spiro atoms. The number of nitrogens with zero attached hydrogens (tertiary/aromatic N) is 4. The fraction of sp³-hybridized carbons (Fsp3) is 0.379. The lowest BCUT2D eigenvalue weighted by Gasteiger charge is -2.34. The Hall–Kier alpha value is -3.67. The number of hydrogen-bond acceptors (Lipinski definition) is 8. The first kappa shape index (κ1) is 29.3. The average molecular weight is 567 g/mol. The summed E-state index contributed by atoms with van der Waals surface area (Å²) in [5.74, 6) is 0.124. The Morgan fingerprint density at radius 2 is 1.80 bits per heavy atom. The highest BCUT2D eigenvalue weighted by atomic mass is 32.2. The van der Waals surface area contributed by atoms with E-state index in [0.717, 1.165) is 13.0 Å². The van der Waals surface area contributed by atoms with Gasteiger partial charge in [-0.2, -0.15) is 4.31 Å². The third-order valence-corrected chi connectivity index (χ3v) is 8.69. The molecule has 214 valence electrons. The van der Waals surface area contributed by atoms with Crippen LogP contribution >= 0.6 is 0 Å². The van der Waals surface area contributed by atoms with Crippen molar-refractivity contribution >= 4 is 21.8 Å². The maximum Gasteiger partial charge on any atom is 0.277 e. The number of carbonyl (C=O) groups is 1. The van der Waals surface area contributed by atoms with E-state index in [1.54, 1.807) is 13.0 Å². The summed E-state index contributed by atoms with van der Waals surface area (Å²) in [4.78, 5) is 15.5. The van der Waals surface area contributed by atoms with Gasteiger partial charge in [-0.15, -0.1) is 5.10 Å². The van der Waals surface area contributed by atoms with Crippen molar-refractivity contribution in [3.8, 4) is 5.75 Å². The third kappa shape index (κ3) is 6.38. The molecule has 2 aliphatic rings. The molecule has 0 aliphatic carbocycles. The Labute approximate surface area is 236 Å². The van der Waals surface area contributed by atoms with Gasteiger partial charge in [-0.1, -0.05) is 50.3 Å². The molecule has 2 heterocycles. The summed E-state index contributed by atoms with van der Waals surface area (Å²) in [6, 6.07) is 14.8. The number of nitrogens with one attached hydrogen (secondary N) is 1. The second kappa shape index (κ2) is 12.7. The highest BCUT2D eigenvalue weighted by Gasteiger charge is 2.33. The van der Waals surface area contributed by atoms with Crippen molar-refractivity contribution in [2.45, 2.75) is 45.1 Å². The monoisotopic (exact) mass is 566 g/mol. The van der Waals surface area contributed by atoms with Crippen molar-refractivity contribution in [3.05, 3.63) is 83.3 Å². The van der Waals surface area contributed by atoms with Gasteiger partial charge >= 0.3 is 0 Å². The van der Waals surface area contributed by atoms with E-state index in [-0.39, 0.29) is 16.4 Å². The van der Waals surface area contributed by atoms with Gasteiger partial charge in [0, 0.05) is 44.1 Å². The molecular weight excluding hydrogens is 528 g/mol. The molecule has 1 amide bonds.